The lowest BCUT2D eigenvalue weighted by Gasteiger charge is -2.32. The van der Waals surface area contributed by atoms with Crippen LogP contribution in [0.1, 0.15) is 42.6 Å². The zero-order valence-corrected chi connectivity index (χ0v) is 16.6. The predicted molar refractivity (Wildman–Crippen MR) is 113 cm³/mol. The number of thiazole rings is 1. The number of H-pyrrole nitrogens is 1. The van der Waals surface area contributed by atoms with Crippen molar-refractivity contribution in [1.82, 2.24) is 15.0 Å². The standard InChI is InChI=1S/C22H22N4OS/c1-14(20-23-17-9-3-2-8-16(17)21(27)25-20)26-12-6-7-15(13-26)22-24-18-10-4-5-11-19(18)28-22/h2-5,8-11,14-15H,6-7,12-13H2,1H3,(H,23,25,27)/p+1/t14-,15-/m0/s1. The minimum Gasteiger partial charge on any atom is -0.326 e. The zero-order valence-electron chi connectivity index (χ0n) is 15.8. The first-order valence-electron chi connectivity index (χ1n) is 9.88. The Bertz CT molecular complexity index is 1160. The quantitative estimate of drug-likeness (QED) is 0.564. The third-order valence-electron chi connectivity index (χ3n) is 5.87. The van der Waals surface area contributed by atoms with E-state index < -0.39 is 0 Å². The van der Waals surface area contributed by atoms with Crippen LogP contribution in [-0.2, 0) is 0 Å². The van der Waals surface area contributed by atoms with Crippen molar-refractivity contribution in [3.8, 4) is 0 Å². The number of nitrogens with zero attached hydrogens (tertiary/aromatic N) is 2. The molecule has 1 fully saturated rings. The fourth-order valence-electron chi connectivity index (χ4n) is 4.27. The van der Waals surface area contributed by atoms with E-state index in [-0.39, 0.29) is 11.6 Å². The lowest BCUT2D eigenvalue weighted by Crippen LogP contribution is -3.13. The van der Waals surface area contributed by atoms with Crippen molar-refractivity contribution in [3.63, 3.8) is 0 Å². The zero-order chi connectivity index (χ0) is 19.1. The van der Waals surface area contributed by atoms with Gasteiger partial charge in [-0.2, -0.15) is 0 Å². The summed E-state index contributed by atoms with van der Waals surface area (Å²) in [6.07, 6.45) is 2.34. The minimum absolute atomic E-state index is 0.0495. The highest BCUT2D eigenvalue weighted by Gasteiger charge is 2.31. The number of nitrogens with one attached hydrogen (secondary N) is 2. The largest absolute Gasteiger partial charge is 0.326 e. The number of benzene rings is 2. The molecule has 6 heteroatoms. The fraction of sp³-hybridized carbons (Fsp3) is 0.318. The molecule has 3 heterocycles. The molecule has 1 aliphatic heterocycles. The topological polar surface area (TPSA) is 63.1 Å². The molecule has 0 aliphatic carbocycles. The van der Waals surface area contributed by atoms with Gasteiger partial charge in [-0.25, -0.2) is 9.97 Å². The molecule has 2 aromatic heterocycles. The van der Waals surface area contributed by atoms with E-state index in [2.05, 4.69) is 30.1 Å². The molecule has 28 heavy (non-hydrogen) atoms. The molecule has 0 saturated carbocycles. The number of hydrogen-bond acceptors (Lipinski definition) is 4. The lowest BCUT2D eigenvalue weighted by atomic mass is 9.97. The Morgan fingerprint density at radius 3 is 2.75 bits per heavy atom. The Morgan fingerprint density at radius 1 is 1.11 bits per heavy atom. The Labute approximate surface area is 167 Å². The molecule has 1 saturated heterocycles. The third kappa shape index (κ3) is 3.12. The van der Waals surface area contributed by atoms with Crippen molar-refractivity contribution in [3.05, 3.63) is 69.7 Å². The van der Waals surface area contributed by atoms with Gasteiger partial charge in [-0.05, 0) is 44.0 Å². The maximum Gasteiger partial charge on any atom is 0.258 e. The van der Waals surface area contributed by atoms with Crippen molar-refractivity contribution in [2.45, 2.75) is 31.7 Å². The number of quaternary nitrogens is 1. The van der Waals surface area contributed by atoms with Crippen molar-refractivity contribution in [2.75, 3.05) is 13.1 Å². The summed E-state index contributed by atoms with van der Waals surface area (Å²) in [6, 6.07) is 16.1. The molecule has 3 atom stereocenters. The van der Waals surface area contributed by atoms with Gasteiger partial charge >= 0.3 is 0 Å². The molecule has 2 N–H and O–H groups in total. The highest BCUT2D eigenvalue weighted by molar-refractivity contribution is 7.18. The van der Waals surface area contributed by atoms with Crippen LogP contribution in [0.3, 0.4) is 0 Å². The summed E-state index contributed by atoms with van der Waals surface area (Å²) in [5, 5.41) is 1.89. The highest BCUT2D eigenvalue weighted by Crippen LogP contribution is 2.30. The molecule has 0 radical (unpaired) electrons. The van der Waals surface area contributed by atoms with Crippen molar-refractivity contribution in [2.24, 2.45) is 0 Å². The molecule has 5 nitrogen and oxygen atoms in total. The van der Waals surface area contributed by atoms with E-state index >= 15 is 0 Å². The maximum atomic E-state index is 12.5. The maximum absolute atomic E-state index is 12.5. The van der Waals surface area contributed by atoms with E-state index in [9.17, 15) is 4.79 Å². The molecule has 2 aromatic carbocycles. The van der Waals surface area contributed by atoms with Crippen LogP contribution in [0.2, 0.25) is 0 Å². The number of likely N-dealkylation sites (tertiary alicyclic amines) is 1. The van der Waals surface area contributed by atoms with Gasteiger partial charge < -0.3 is 9.88 Å². The summed E-state index contributed by atoms with van der Waals surface area (Å²) in [4.78, 5) is 26.6. The molecular weight excluding hydrogens is 368 g/mol. The first-order valence-corrected chi connectivity index (χ1v) is 10.7. The van der Waals surface area contributed by atoms with Crippen LogP contribution >= 0.6 is 11.3 Å². The van der Waals surface area contributed by atoms with Gasteiger partial charge in [-0.1, -0.05) is 24.3 Å². The summed E-state index contributed by atoms with van der Waals surface area (Å²) in [5.41, 5.74) is 1.82. The van der Waals surface area contributed by atoms with Gasteiger partial charge in [0.25, 0.3) is 5.56 Å². The SMILES string of the molecule is C[C@@H](c1nc2ccccc2c(=O)[nH]1)[NH+]1CCC[C@H](c2nc3ccccc3s2)C1. The van der Waals surface area contributed by atoms with E-state index in [1.54, 1.807) is 0 Å². The Morgan fingerprint density at radius 2 is 1.89 bits per heavy atom. The summed E-state index contributed by atoms with van der Waals surface area (Å²) < 4.78 is 1.26. The predicted octanol–water partition coefficient (Wildman–Crippen LogP) is 3.06. The number of hydrogen-bond donors (Lipinski definition) is 2. The van der Waals surface area contributed by atoms with Crippen LogP contribution in [0.15, 0.2) is 53.3 Å². The Kier molecular flexibility index (Phi) is 4.45. The van der Waals surface area contributed by atoms with Crippen LogP contribution in [0.5, 0.6) is 0 Å². The second-order valence-electron chi connectivity index (χ2n) is 7.66. The van der Waals surface area contributed by atoms with E-state index in [4.69, 9.17) is 9.97 Å². The molecule has 142 valence electrons. The number of para-hydroxylation sites is 2. The van der Waals surface area contributed by atoms with Crippen LogP contribution < -0.4 is 10.5 Å². The fourth-order valence-corrected chi connectivity index (χ4v) is 5.37. The summed E-state index contributed by atoms with van der Waals surface area (Å²) in [5.74, 6) is 1.25. The van der Waals surface area contributed by atoms with Gasteiger partial charge in [-0.3, -0.25) is 4.79 Å². The monoisotopic (exact) mass is 391 g/mol. The van der Waals surface area contributed by atoms with Crippen LogP contribution in [0, 0.1) is 0 Å². The van der Waals surface area contributed by atoms with E-state index in [1.165, 1.54) is 21.0 Å². The van der Waals surface area contributed by atoms with Gasteiger partial charge in [0.2, 0.25) is 0 Å². The molecule has 4 aromatic rings. The first-order chi connectivity index (χ1) is 13.7. The van der Waals surface area contributed by atoms with E-state index in [0.29, 0.717) is 11.3 Å². The molecule has 0 spiro atoms. The number of aromatic amines is 1. The molecule has 1 aliphatic rings. The molecule has 1 unspecified atom stereocenters. The summed E-state index contributed by atoms with van der Waals surface area (Å²) >= 11 is 1.82. The van der Waals surface area contributed by atoms with Gasteiger partial charge in [-0.15, -0.1) is 11.3 Å². The van der Waals surface area contributed by atoms with Gasteiger partial charge in [0.05, 0.1) is 40.1 Å². The second kappa shape index (κ2) is 7.11. The van der Waals surface area contributed by atoms with Gasteiger partial charge in [0.15, 0.2) is 5.82 Å². The van der Waals surface area contributed by atoms with Crippen LogP contribution in [0.4, 0.5) is 0 Å². The average molecular weight is 392 g/mol. The van der Waals surface area contributed by atoms with Gasteiger partial charge in [0.1, 0.15) is 11.0 Å². The number of fused-ring (bicyclic) bond motifs is 2. The van der Waals surface area contributed by atoms with Crippen LogP contribution in [-0.4, -0.2) is 28.0 Å². The number of aromatic nitrogens is 3. The van der Waals surface area contributed by atoms with Crippen molar-refractivity contribution >= 4 is 32.5 Å². The Hall–Kier alpha value is -2.57. The van der Waals surface area contributed by atoms with Crippen molar-refractivity contribution < 1.29 is 4.90 Å². The van der Waals surface area contributed by atoms with Gasteiger partial charge in [0, 0.05) is 0 Å². The third-order valence-corrected chi connectivity index (χ3v) is 7.07. The molecule has 0 amide bonds. The number of rotatable bonds is 3. The summed E-state index contributed by atoms with van der Waals surface area (Å²) in [6.45, 7) is 4.29. The summed E-state index contributed by atoms with van der Waals surface area (Å²) in [7, 11) is 0. The smallest absolute Gasteiger partial charge is 0.258 e. The van der Waals surface area contributed by atoms with E-state index in [0.717, 1.165) is 36.4 Å². The Balaban J connectivity index is 1.42. The average Bonchev–Trinajstić information content (AvgIpc) is 3.18. The molecule has 5 rings (SSSR count). The van der Waals surface area contributed by atoms with Crippen molar-refractivity contribution in [1.29, 1.82) is 0 Å². The number of piperidine rings is 1. The molecule has 0 bridgehead atoms. The minimum atomic E-state index is -0.0495. The first kappa shape index (κ1) is 17.5. The normalized spacial score (nSPS) is 21.2. The molecular formula is C22H23N4OS+. The lowest BCUT2D eigenvalue weighted by molar-refractivity contribution is -0.936. The van der Waals surface area contributed by atoms with E-state index in [1.807, 2.05) is 41.7 Å². The second-order valence-corrected chi connectivity index (χ2v) is 8.72. The highest BCUT2D eigenvalue weighted by atomic mass is 32.1. The van der Waals surface area contributed by atoms with Crippen LogP contribution in [0.25, 0.3) is 21.1 Å².